The summed E-state index contributed by atoms with van der Waals surface area (Å²) < 4.78 is 0. The molecule has 0 nitrogen and oxygen atoms in total. The minimum absolute atomic E-state index is 0. The Labute approximate surface area is 1030 Å². The molecule has 1 fully saturated rings. The molecule has 0 bridgehead atoms. The van der Waals surface area contributed by atoms with Gasteiger partial charge in [-0.05, 0) is 0 Å². The molecule has 0 spiro atoms. The Balaban J connectivity index is -0.00000000201. The van der Waals surface area contributed by atoms with Gasteiger partial charge in [0.2, 0.25) is 0 Å². The van der Waals surface area contributed by atoms with Crippen LogP contribution in [0, 0.1) is 31.0 Å². The van der Waals surface area contributed by atoms with Gasteiger partial charge in [0.1, 0.15) is 0 Å². The topological polar surface area (TPSA) is 0 Å². The summed E-state index contributed by atoms with van der Waals surface area (Å²) >= 11 is 0. The third kappa shape index (κ3) is 148. The summed E-state index contributed by atoms with van der Waals surface area (Å²) in [6, 6.07) is 0. The zero-order chi connectivity index (χ0) is 9.68. The van der Waals surface area contributed by atoms with E-state index in [1.807, 2.05) is 0 Å². The Kier molecular flexibility index (Phi) is 803. The Morgan fingerprint density at radius 3 is 0.744 bits per heavy atom. The van der Waals surface area contributed by atoms with Gasteiger partial charge in [-0.3, -0.25) is 0 Å². The predicted octanol–water partition coefficient (Wildman–Crippen LogP) is 3.49. The Bertz CT molecular complexity index is 163. The predicted molar refractivity (Wildman–Crippen MR) is 60.5 cm³/mol. The van der Waals surface area contributed by atoms with Crippen LogP contribution < -0.4 is 0 Å². The van der Waals surface area contributed by atoms with Crippen LogP contribution in [0.25, 0.3) is 0 Å². The standard InChI is InChI=1S/C12H22B.30Y/c1-10(2)12(9-13-3)11-7-5-4-6-8-11;;;;;;;;;;;;;;;;;;;;;;;;;;;;;;/h9-12H,1,4-8H2,2-3H3;;;;;;;;;;;;;;;;;;;;;;;;;;;;;;/q-2;;;;;;;;;;;;;;;;;;;;;;;;;;;;;;. The van der Waals surface area contributed by atoms with E-state index in [-0.39, 0.29) is 981 Å². The maximum absolute atomic E-state index is 4.18. The van der Waals surface area contributed by atoms with Crippen molar-refractivity contribution in [1.29, 1.82) is 0 Å². The summed E-state index contributed by atoms with van der Waals surface area (Å²) in [5.74, 6) is 2.21. The quantitative estimate of drug-likeness (QED) is 0.300. The minimum Gasteiger partial charge on any atom is -0.357 e. The third-order valence-corrected chi connectivity index (χ3v) is 3.27. The first-order valence-corrected chi connectivity index (χ1v) is 5.71. The molecule has 0 N–H and O–H groups in total. The zero-order valence-corrected chi connectivity index (χ0v) is 112. The summed E-state index contributed by atoms with van der Waals surface area (Å²) in [5, 5.41) is 0. The summed E-state index contributed by atoms with van der Waals surface area (Å²) in [4.78, 5) is 0. The van der Waals surface area contributed by atoms with Crippen LogP contribution >= 0.6 is 0 Å². The van der Waals surface area contributed by atoms with E-state index in [0.29, 0.717) is 5.92 Å². The molecule has 1 aliphatic rings. The Morgan fingerprint density at radius 2 is 0.605 bits per heavy atom. The fourth-order valence-electron chi connectivity index (χ4n) is 2.55. The van der Waals surface area contributed by atoms with Gasteiger partial charge in [0.25, 0.3) is 0 Å². The Morgan fingerprint density at radius 1 is 0.419 bits per heavy atom. The molecule has 0 amide bonds. The van der Waals surface area contributed by atoms with Crippen molar-refractivity contribution in [3.8, 4) is 0 Å². The van der Waals surface area contributed by atoms with Gasteiger partial charge in [0.15, 0.2) is 0 Å². The van der Waals surface area contributed by atoms with Crippen LogP contribution in [0.3, 0.4) is 0 Å². The molecule has 0 aromatic rings. The van der Waals surface area contributed by atoms with Gasteiger partial charge in [0, 0.05) is 981 Å². The van der Waals surface area contributed by atoms with E-state index in [2.05, 4.69) is 34.3 Å². The zero-order valence-electron chi connectivity index (χ0n) is 26.4. The van der Waals surface area contributed by atoms with E-state index in [4.69, 9.17) is 0 Å². The van der Waals surface area contributed by atoms with Gasteiger partial charge in [0.05, 0.1) is 0 Å². The first-order chi connectivity index (χ1) is 6.25. The summed E-state index contributed by atoms with van der Waals surface area (Å²) in [6.07, 6.45) is 9.54. The molecule has 43 heavy (non-hydrogen) atoms. The van der Waals surface area contributed by atoms with E-state index < -0.39 is 0 Å². The van der Waals surface area contributed by atoms with E-state index in [9.17, 15) is 0 Å². The van der Waals surface area contributed by atoms with Crippen LogP contribution in [0.2, 0.25) is 6.82 Å². The van der Waals surface area contributed by atoms with Crippen LogP contribution in [-0.4, -0.2) is 7.28 Å². The third-order valence-electron chi connectivity index (χ3n) is 3.27. The molecule has 31 heteroatoms. The van der Waals surface area contributed by atoms with E-state index in [0.717, 1.165) is 11.8 Å². The first-order valence-electron chi connectivity index (χ1n) is 5.71. The van der Waals surface area contributed by atoms with Crippen molar-refractivity contribution in [1.82, 2.24) is 0 Å². The second kappa shape index (κ2) is 171. The number of rotatable bonds is 4. The molecule has 0 aliphatic heterocycles. The van der Waals surface area contributed by atoms with Gasteiger partial charge >= 0.3 is 0 Å². The first kappa shape index (κ1) is 202. The van der Waals surface area contributed by atoms with Crippen molar-refractivity contribution in [2.24, 2.45) is 17.8 Å². The Hall–Kier alpha value is 33.2. The van der Waals surface area contributed by atoms with Crippen LogP contribution in [0.15, 0.2) is 0 Å². The van der Waals surface area contributed by atoms with Gasteiger partial charge in [-0.1, -0.05) is 52.2 Å². The largest absolute Gasteiger partial charge is 0.357 e. The summed E-state index contributed by atoms with van der Waals surface area (Å²) in [5.41, 5.74) is 0. The van der Waals surface area contributed by atoms with Gasteiger partial charge in [-0.2, -0.15) is 11.8 Å². The van der Waals surface area contributed by atoms with Crippen LogP contribution in [-0.2, 0) is 981 Å². The summed E-state index contributed by atoms with van der Waals surface area (Å²) in [6.45, 7) is 8.55. The number of hydrogen-bond donors (Lipinski definition) is 0. The van der Waals surface area contributed by atoms with Crippen LogP contribution in [0.4, 0.5) is 0 Å². The van der Waals surface area contributed by atoms with E-state index in [1.165, 1.54) is 32.1 Å². The van der Waals surface area contributed by atoms with Gasteiger partial charge < -0.3 is 13.2 Å². The van der Waals surface area contributed by atoms with Gasteiger partial charge in [-0.25, -0.2) is 0 Å². The molecule has 2 atom stereocenters. The molecular formula is C12H22BY30-2. The minimum atomic E-state index is 0. The smallest absolute Gasteiger partial charge is 0 e. The van der Waals surface area contributed by atoms with Crippen LogP contribution in [0.1, 0.15) is 39.0 Å². The maximum Gasteiger partial charge on any atom is 0 e. The van der Waals surface area contributed by atoms with Crippen molar-refractivity contribution in [2.45, 2.75) is 45.9 Å². The molecule has 31 radical (unpaired) electrons. The average molecular weight is 2840 g/mol. The van der Waals surface area contributed by atoms with Crippen molar-refractivity contribution < 1.29 is 981 Å². The SMILES string of the molecule is [CH2-]C(C)C([CH-][B]C)C1CCCCC1.[Y].[Y].[Y].[Y].[Y].[Y].[Y].[Y].[Y].[Y].[Y].[Y].[Y].[Y].[Y].[Y].[Y].[Y].[Y].[Y].[Y].[Y].[Y].[Y].[Y].[Y].[Y].[Y].[Y].[Y]. The van der Waals surface area contributed by atoms with E-state index >= 15 is 0 Å². The fourth-order valence-corrected chi connectivity index (χ4v) is 2.55. The average Bonchev–Trinajstić information content (AvgIpc) is 2.15. The molecule has 1 aliphatic carbocycles. The maximum atomic E-state index is 4.18. The van der Waals surface area contributed by atoms with Crippen molar-refractivity contribution in [2.75, 3.05) is 0 Å². The molecule has 165 valence electrons. The van der Waals surface area contributed by atoms with Crippen molar-refractivity contribution >= 4 is 7.28 Å². The van der Waals surface area contributed by atoms with Gasteiger partial charge in [-0.15, -0.1) is 6.82 Å². The molecule has 0 aromatic carbocycles. The fraction of sp³-hybridized carbons (Fsp3) is 0.833. The molecule has 1 rings (SSSR count). The normalized spacial score (nSPS) is 7.23. The van der Waals surface area contributed by atoms with Crippen LogP contribution in [0.5, 0.6) is 0 Å². The second-order valence-electron chi connectivity index (χ2n) is 4.48. The van der Waals surface area contributed by atoms with Crippen molar-refractivity contribution in [3.63, 3.8) is 0 Å². The molecule has 0 saturated heterocycles. The molecule has 0 heterocycles. The monoisotopic (exact) mass is 2840 g/mol. The second-order valence-corrected chi connectivity index (χ2v) is 4.48. The van der Waals surface area contributed by atoms with E-state index in [1.54, 1.807) is 0 Å². The summed E-state index contributed by atoms with van der Waals surface area (Å²) in [7, 11) is 2.20. The number of hydrogen-bond acceptors (Lipinski definition) is 0. The molecule has 1 saturated carbocycles. The molecule has 0 aromatic heterocycles. The van der Waals surface area contributed by atoms with Crippen molar-refractivity contribution in [3.05, 3.63) is 13.2 Å². The molecular weight excluding hydrogens is 2820 g/mol. The molecule has 2 unspecified atom stereocenters.